The van der Waals surface area contributed by atoms with E-state index in [0.717, 1.165) is 29.7 Å². The molecule has 2 amide bonds. The van der Waals surface area contributed by atoms with Crippen LogP contribution in [-0.2, 0) is 11.3 Å². The van der Waals surface area contributed by atoms with Crippen molar-refractivity contribution in [1.29, 1.82) is 0 Å². The molecule has 3 aromatic rings. The van der Waals surface area contributed by atoms with Crippen LogP contribution in [0.5, 0.6) is 0 Å². The smallest absolute Gasteiger partial charge is 0.263 e. The first-order valence-corrected chi connectivity index (χ1v) is 10.9. The molecular weight excluding hydrogens is 402 g/mol. The fraction of sp³-hybridized carbons (Fsp3) is 0.269. The van der Waals surface area contributed by atoms with Crippen LogP contribution in [0, 0.1) is 12.8 Å². The molecule has 0 spiro atoms. The summed E-state index contributed by atoms with van der Waals surface area (Å²) in [7, 11) is 0. The van der Waals surface area contributed by atoms with E-state index in [-0.39, 0.29) is 28.9 Å². The summed E-state index contributed by atoms with van der Waals surface area (Å²) in [5.41, 5.74) is 2.70. The molecule has 1 saturated heterocycles. The Balaban J connectivity index is 1.47. The molecule has 32 heavy (non-hydrogen) atoms. The molecule has 1 aliphatic rings. The molecule has 6 nitrogen and oxygen atoms in total. The van der Waals surface area contributed by atoms with Crippen LogP contribution in [0.2, 0.25) is 0 Å². The largest absolute Gasteiger partial charge is 0.338 e. The molecule has 1 fully saturated rings. The molecule has 0 saturated carbocycles. The molecule has 2 heterocycles. The van der Waals surface area contributed by atoms with Crippen LogP contribution < -0.4 is 10.9 Å². The molecular formula is C26H27N3O3. The number of amides is 2. The zero-order valence-corrected chi connectivity index (χ0v) is 18.2. The SMILES string of the molecule is Cc1cccc(Cn2cccc(C(=O)N3CCCC(C(=O)Nc4ccccc4)C3)c2=O)c1. The van der Waals surface area contributed by atoms with Crippen LogP contribution in [0.4, 0.5) is 5.69 Å². The second kappa shape index (κ2) is 9.64. The van der Waals surface area contributed by atoms with E-state index in [9.17, 15) is 14.4 Å². The summed E-state index contributed by atoms with van der Waals surface area (Å²) in [4.78, 5) is 40.6. The number of hydrogen-bond acceptors (Lipinski definition) is 3. The number of aromatic nitrogens is 1. The van der Waals surface area contributed by atoms with Crippen LogP contribution in [0.1, 0.15) is 34.3 Å². The summed E-state index contributed by atoms with van der Waals surface area (Å²) < 4.78 is 1.56. The first-order chi connectivity index (χ1) is 15.5. The molecule has 1 N–H and O–H groups in total. The average Bonchev–Trinajstić information content (AvgIpc) is 2.81. The number of pyridine rings is 1. The second-order valence-corrected chi connectivity index (χ2v) is 8.29. The molecule has 4 rings (SSSR count). The number of hydrogen-bond donors (Lipinski definition) is 1. The fourth-order valence-electron chi connectivity index (χ4n) is 4.14. The minimum absolute atomic E-state index is 0.0985. The van der Waals surface area contributed by atoms with E-state index in [1.807, 2.05) is 61.5 Å². The molecule has 0 radical (unpaired) electrons. The summed E-state index contributed by atoms with van der Waals surface area (Å²) in [6, 6.07) is 20.6. The van der Waals surface area contributed by atoms with Crippen molar-refractivity contribution in [3.8, 4) is 0 Å². The van der Waals surface area contributed by atoms with E-state index in [1.54, 1.807) is 27.8 Å². The zero-order chi connectivity index (χ0) is 22.5. The van der Waals surface area contributed by atoms with Crippen LogP contribution in [0.25, 0.3) is 0 Å². The van der Waals surface area contributed by atoms with Crippen molar-refractivity contribution in [2.24, 2.45) is 5.92 Å². The van der Waals surface area contributed by atoms with Gasteiger partial charge in [-0.15, -0.1) is 0 Å². The number of anilines is 1. The van der Waals surface area contributed by atoms with Gasteiger partial charge in [-0.3, -0.25) is 14.4 Å². The standard InChI is InChI=1S/C26H27N3O3/c1-19-8-5-9-20(16-19)17-28-15-7-13-23(25(28)31)26(32)29-14-6-10-21(18-29)24(30)27-22-11-3-2-4-12-22/h2-5,7-9,11-13,15-16,21H,6,10,14,17-18H2,1H3,(H,27,30). The highest BCUT2D eigenvalue weighted by Crippen LogP contribution is 2.20. The zero-order valence-electron chi connectivity index (χ0n) is 18.2. The van der Waals surface area contributed by atoms with E-state index in [4.69, 9.17) is 0 Å². The maximum absolute atomic E-state index is 13.2. The highest BCUT2D eigenvalue weighted by molar-refractivity contribution is 5.96. The third-order valence-corrected chi connectivity index (χ3v) is 5.81. The maximum Gasteiger partial charge on any atom is 0.263 e. The number of carbonyl (C=O) groups excluding carboxylic acids is 2. The predicted octanol–water partition coefficient (Wildman–Crippen LogP) is 3.70. The van der Waals surface area contributed by atoms with Crippen molar-refractivity contribution in [3.05, 3.63) is 100.0 Å². The van der Waals surface area contributed by atoms with Crippen molar-refractivity contribution in [1.82, 2.24) is 9.47 Å². The van der Waals surface area contributed by atoms with Crippen molar-refractivity contribution in [2.45, 2.75) is 26.3 Å². The van der Waals surface area contributed by atoms with Gasteiger partial charge in [-0.1, -0.05) is 48.0 Å². The minimum Gasteiger partial charge on any atom is -0.338 e. The number of aryl methyl sites for hydroxylation is 1. The van der Waals surface area contributed by atoms with Gasteiger partial charge in [0, 0.05) is 25.0 Å². The lowest BCUT2D eigenvalue weighted by atomic mass is 9.96. The number of nitrogens with one attached hydrogen (secondary N) is 1. The molecule has 1 unspecified atom stereocenters. The average molecular weight is 430 g/mol. The van der Waals surface area contributed by atoms with Crippen molar-refractivity contribution in [3.63, 3.8) is 0 Å². The van der Waals surface area contributed by atoms with Crippen LogP contribution in [0.15, 0.2) is 77.7 Å². The van der Waals surface area contributed by atoms with E-state index in [1.165, 1.54) is 0 Å². The quantitative estimate of drug-likeness (QED) is 0.672. The Kier molecular flexibility index (Phi) is 6.50. The summed E-state index contributed by atoms with van der Waals surface area (Å²) in [5, 5.41) is 2.92. The molecule has 0 aliphatic carbocycles. The first kappa shape index (κ1) is 21.6. The monoisotopic (exact) mass is 429 g/mol. The Morgan fingerprint density at radius 2 is 1.84 bits per heavy atom. The topological polar surface area (TPSA) is 71.4 Å². The number of rotatable bonds is 5. The van der Waals surface area contributed by atoms with Gasteiger partial charge in [-0.25, -0.2) is 0 Å². The molecule has 1 atom stereocenters. The highest BCUT2D eigenvalue weighted by atomic mass is 16.2. The lowest BCUT2D eigenvalue weighted by Crippen LogP contribution is -2.45. The molecule has 1 aromatic heterocycles. The number of likely N-dealkylation sites (tertiary alicyclic amines) is 1. The van der Waals surface area contributed by atoms with E-state index in [2.05, 4.69) is 5.32 Å². The number of piperidine rings is 1. The highest BCUT2D eigenvalue weighted by Gasteiger charge is 2.30. The van der Waals surface area contributed by atoms with Gasteiger partial charge in [-0.2, -0.15) is 0 Å². The van der Waals surface area contributed by atoms with E-state index in [0.29, 0.717) is 19.6 Å². The third-order valence-electron chi connectivity index (χ3n) is 5.81. The molecule has 1 aliphatic heterocycles. The predicted molar refractivity (Wildman–Crippen MR) is 125 cm³/mol. The van der Waals surface area contributed by atoms with Gasteiger partial charge in [0.2, 0.25) is 5.91 Å². The summed E-state index contributed by atoms with van der Waals surface area (Å²) in [6.07, 6.45) is 3.14. The van der Waals surface area contributed by atoms with Crippen LogP contribution in [0.3, 0.4) is 0 Å². The lowest BCUT2D eigenvalue weighted by Gasteiger charge is -2.32. The Bertz CT molecular complexity index is 1170. The Morgan fingerprint density at radius 3 is 2.62 bits per heavy atom. The van der Waals surface area contributed by atoms with Crippen molar-refractivity contribution >= 4 is 17.5 Å². The fourth-order valence-corrected chi connectivity index (χ4v) is 4.14. The summed E-state index contributed by atoms with van der Waals surface area (Å²) >= 11 is 0. The van der Waals surface area contributed by atoms with Gasteiger partial charge in [0.05, 0.1) is 12.5 Å². The minimum atomic E-state index is -0.314. The van der Waals surface area contributed by atoms with Crippen molar-refractivity contribution in [2.75, 3.05) is 18.4 Å². The van der Waals surface area contributed by atoms with Crippen LogP contribution >= 0.6 is 0 Å². The lowest BCUT2D eigenvalue weighted by molar-refractivity contribution is -0.121. The third kappa shape index (κ3) is 4.97. The summed E-state index contributed by atoms with van der Waals surface area (Å²) in [5.74, 6) is -0.712. The van der Waals surface area contributed by atoms with Gasteiger partial charge in [0.1, 0.15) is 5.56 Å². The Labute approximate surface area is 187 Å². The number of carbonyl (C=O) groups is 2. The van der Waals surface area contributed by atoms with Gasteiger partial charge in [0.15, 0.2) is 0 Å². The van der Waals surface area contributed by atoms with Crippen molar-refractivity contribution < 1.29 is 9.59 Å². The van der Waals surface area contributed by atoms with Gasteiger partial charge >= 0.3 is 0 Å². The maximum atomic E-state index is 13.2. The molecule has 0 bridgehead atoms. The first-order valence-electron chi connectivity index (χ1n) is 10.9. The van der Waals surface area contributed by atoms with Gasteiger partial charge in [0.25, 0.3) is 11.5 Å². The number of para-hydroxylation sites is 1. The number of nitrogens with zero attached hydrogens (tertiary/aromatic N) is 2. The summed E-state index contributed by atoms with van der Waals surface area (Å²) in [6.45, 7) is 3.26. The second-order valence-electron chi connectivity index (χ2n) is 8.29. The molecule has 2 aromatic carbocycles. The van der Waals surface area contributed by atoms with Gasteiger partial charge < -0.3 is 14.8 Å². The molecule has 164 valence electrons. The Hall–Kier alpha value is -3.67. The van der Waals surface area contributed by atoms with Crippen LogP contribution in [-0.4, -0.2) is 34.4 Å². The van der Waals surface area contributed by atoms with Gasteiger partial charge in [-0.05, 0) is 49.6 Å². The Morgan fingerprint density at radius 1 is 1.03 bits per heavy atom. The molecule has 6 heteroatoms. The van der Waals surface area contributed by atoms with E-state index < -0.39 is 0 Å². The van der Waals surface area contributed by atoms with E-state index >= 15 is 0 Å². The normalized spacial score (nSPS) is 15.9. The number of benzene rings is 2.